The molecule has 1 aliphatic rings. The number of ether oxygens (including phenoxy) is 1. The van der Waals surface area contributed by atoms with Gasteiger partial charge in [0.25, 0.3) is 5.91 Å². The Bertz CT molecular complexity index is 1110. The summed E-state index contributed by atoms with van der Waals surface area (Å²) >= 11 is 6.33. The Morgan fingerprint density at radius 2 is 2.06 bits per heavy atom. The first kappa shape index (κ1) is 22.6. The molecule has 170 valence electrons. The van der Waals surface area contributed by atoms with Crippen LogP contribution in [0.5, 0.6) is 0 Å². The van der Waals surface area contributed by atoms with Crippen LogP contribution in [0.25, 0.3) is 11.0 Å². The predicted molar refractivity (Wildman–Crippen MR) is 127 cm³/mol. The Hall–Kier alpha value is -2.64. The van der Waals surface area contributed by atoms with Gasteiger partial charge in [-0.15, -0.1) is 0 Å². The molecular weight excluding hydrogens is 426 g/mol. The summed E-state index contributed by atoms with van der Waals surface area (Å²) in [6, 6.07) is 6.02. The molecule has 3 aromatic rings. The number of pyridine rings is 1. The van der Waals surface area contributed by atoms with Crippen LogP contribution in [0.4, 0.5) is 5.69 Å². The Balaban J connectivity index is 1.67. The topological polar surface area (TPSA) is 81.1 Å². The minimum atomic E-state index is -0.165. The number of aromatic nitrogens is 3. The molecule has 1 atom stereocenters. The van der Waals surface area contributed by atoms with Gasteiger partial charge in [0.2, 0.25) is 0 Å². The van der Waals surface area contributed by atoms with Gasteiger partial charge in [-0.05, 0) is 50.3 Å². The fourth-order valence-electron chi connectivity index (χ4n) is 4.11. The van der Waals surface area contributed by atoms with E-state index in [0.29, 0.717) is 30.3 Å². The third kappa shape index (κ3) is 4.59. The Kier molecular flexibility index (Phi) is 6.96. The number of nitrogens with zero attached hydrogens (tertiary/aromatic N) is 3. The molecule has 1 fully saturated rings. The van der Waals surface area contributed by atoms with Gasteiger partial charge in [0.1, 0.15) is 0 Å². The second-order valence-electron chi connectivity index (χ2n) is 8.22. The number of benzene rings is 1. The van der Waals surface area contributed by atoms with Crippen LogP contribution in [0.1, 0.15) is 60.6 Å². The Morgan fingerprint density at radius 3 is 2.75 bits per heavy atom. The van der Waals surface area contributed by atoms with Crippen molar-refractivity contribution in [2.75, 3.05) is 18.5 Å². The van der Waals surface area contributed by atoms with E-state index in [9.17, 15) is 4.79 Å². The van der Waals surface area contributed by atoms with Crippen LogP contribution in [0.15, 0.2) is 30.6 Å². The lowest BCUT2D eigenvalue weighted by atomic mass is 10.0. The average Bonchev–Trinajstić information content (AvgIpc) is 3.24. The number of carbonyl (C=O) groups excluding carboxylic acids is 1. The lowest BCUT2D eigenvalue weighted by molar-refractivity contribution is 0.0903. The number of anilines is 1. The van der Waals surface area contributed by atoms with Crippen molar-refractivity contribution >= 4 is 34.2 Å². The molecule has 0 bridgehead atoms. The van der Waals surface area contributed by atoms with E-state index in [1.807, 2.05) is 43.7 Å². The molecule has 32 heavy (non-hydrogen) atoms. The van der Waals surface area contributed by atoms with Gasteiger partial charge in [-0.1, -0.05) is 30.7 Å². The standard InChI is InChI=1S/C24H30ClN5O2/c1-4-21(16-7-6-15(3)20(25)12-16)29-24(31)19-13-26-23-18(14-27-30(23)5-2)22(19)28-17-8-10-32-11-9-17/h6-7,12-14,17,21H,4-5,8-11H2,1-3H3,(H,26,28)(H,29,31). The summed E-state index contributed by atoms with van der Waals surface area (Å²) in [4.78, 5) is 18.0. The highest BCUT2D eigenvalue weighted by Crippen LogP contribution is 2.30. The number of hydrogen-bond donors (Lipinski definition) is 2. The average molecular weight is 456 g/mol. The largest absolute Gasteiger partial charge is 0.381 e. The number of nitrogens with one attached hydrogen (secondary N) is 2. The van der Waals surface area contributed by atoms with Crippen molar-refractivity contribution in [1.82, 2.24) is 20.1 Å². The summed E-state index contributed by atoms with van der Waals surface area (Å²) in [6.45, 7) is 8.19. The molecule has 4 rings (SSSR count). The molecule has 1 aromatic carbocycles. The monoisotopic (exact) mass is 455 g/mol. The SMILES string of the molecule is CCC(NC(=O)c1cnc2c(cnn2CC)c1NC1CCOCC1)c1ccc(C)c(Cl)c1. The van der Waals surface area contributed by atoms with E-state index < -0.39 is 0 Å². The predicted octanol–water partition coefficient (Wildman–Crippen LogP) is 4.89. The van der Waals surface area contributed by atoms with Gasteiger partial charge in [-0.25, -0.2) is 9.67 Å². The quantitative estimate of drug-likeness (QED) is 0.530. The highest BCUT2D eigenvalue weighted by molar-refractivity contribution is 6.31. The van der Waals surface area contributed by atoms with Crippen molar-refractivity contribution in [2.24, 2.45) is 0 Å². The molecule has 0 radical (unpaired) electrons. The fraction of sp³-hybridized carbons (Fsp3) is 0.458. The number of aryl methyl sites for hydroxylation is 2. The molecular formula is C24H30ClN5O2. The number of fused-ring (bicyclic) bond motifs is 1. The molecule has 2 aromatic heterocycles. The maximum atomic E-state index is 13.4. The van der Waals surface area contributed by atoms with Crippen molar-refractivity contribution < 1.29 is 9.53 Å². The van der Waals surface area contributed by atoms with Crippen LogP contribution in [0.2, 0.25) is 5.02 Å². The van der Waals surface area contributed by atoms with Crippen molar-refractivity contribution in [1.29, 1.82) is 0 Å². The zero-order valence-corrected chi connectivity index (χ0v) is 19.6. The smallest absolute Gasteiger partial charge is 0.255 e. The number of amides is 1. The minimum absolute atomic E-state index is 0.148. The van der Waals surface area contributed by atoms with Crippen LogP contribution in [0, 0.1) is 6.92 Å². The van der Waals surface area contributed by atoms with Crippen LogP contribution in [-0.2, 0) is 11.3 Å². The van der Waals surface area contributed by atoms with Crippen molar-refractivity contribution in [2.45, 2.75) is 58.7 Å². The summed E-state index contributed by atoms with van der Waals surface area (Å²) in [5, 5.41) is 12.8. The van der Waals surface area contributed by atoms with Crippen LogP contribution in [-0.4, -0.2) is 39.9 Å². The van der Waals surface area contributed by atoms with Crippen molar-refractivity contribution in [3.63, 3.8) is 0 Å². The lowest BCUT2D eigenvalue weighted by Crippen LogP contribution is -2.32. The fourth-order valence-corrected chi connectivity index (χ4v) is 4.30. The van der Waals surface area contributed by atoms with E-state index >= 15 is 0 Å². The molecule has 8 heteroatoms. The van der Waals surface area contributed by atoms with Crippen LogP contribution < -0.4 is 10.6 Å². The maximum Gasteiger partial charge on any atom is 0.255 e. The summed E-state index contributed by atoms with van der Waals surface area (Å²) in [6.07, 6.45) is 5.99. The van der Waals surface area contributed by atoms with E-state index in [0.717, 1.165) is 47.1 Å². The lowest BCUT2D eigenvalue weighted by Gasteiger charge is -2.26. The molecule has 1 saturated heterocycles. The van der Waals surface area contributed by atoms with E-state index in [2.05, 4.69) is 20.7 Å². The van der Waals surface area contributed by atoms with Gasteiger partial charge in [-0.3, -0.25) is 4.79 Å². The first-order valence-electron chi connectivity index (χ1n) is 11.3. The van der Waals surface area contributed by atoms with Crippen LogP contribution >= 0.6 is 11.6 Å². The van der Waals surface area contributed by atoms with E-state index in [1.165, 1.54) is 0 Å². The van der Waals surface area contributed by atoms with Gasteiger partial charge in [-0.2, -0.15) is 5.10 Å². The molecule has 1 amide bonds. The van der Waals surface area contributed by atoms with Gasteiger partial charge < -0.3 is 15.4 Å². The molecule has 0 spiro atoms. The Morgan fingerprint density at radius 1 is 1.28 bits per heavy atom. The highest BCUT2D eigenvalue weighted by atomic mass is 35.5. The minimum Gasteiger partial charge on any atom is -0.381 e. The number of carbonyl (C=O) groups is 1. The van der Waals surface area contributed by atoms with Gasteiger partial charge >= 0.3 is 0 Å². The molecule has 7 nitrogen and oxygen atoms in total. The maximum absolute atomic E-state index is 13.4. The summed E-state index contributed by atoms with van der Waals surface area (Å²) < 4.78 is 7.34. The first-order valence-corrected chi connectivity index (χ1v) is 11.6. The molecule has 2 N–H and O–H groups in total. The molecule has 3 heterocycles. The summed E-state index contributed by atoms with van der Waals surface area (Å²) in [5.74, 6) is -0.165. The van der Waals surface area contributed by atoms with Crippen molar-refractivity contribution in [3.05, 3.63) is 52.3 Å². The summed E-state index contributed by atoms with van der Waals surface area (Å²) in [5.41, 5.74) is 4.09. The third-order valence-corrected chi connectivity index (χ3v) is 6.50. The summed E-state index contributed by atoms with van der Waals surface area (Å²) in [7, 11) is 0. The second-order valence-corrected chi connectivity index (χ2v) is 8.63. The zero-order valence-electron chi connectivity index (χ0n) is 18.8. The third-order valence-electron chi connectivity index (χ3n) is 6.09. The zero-order chi connectivity index (χ0) is 22.7. The van der Waals surface area contributed by atoms with Gasteiger partial charge in [0.15, 0.2) is 5.65 Å². The van der Waals surface area contributed by atoms with E-state index in [1.54, 1.807) is 12.4 Å². The Labute approximate surface area is 193 Å². The molecule has 1 unspecified atom stereocenters. The van der Waals surface area contributed by atoms with Crippen LogP contribution in [0.3, 0.4) is 0 Å². The number of hydrogen-bond acceptors (Lipinski definition) is 5. The van der Waals surface area contributed by atoms with Gasteiger partial charge in [0.05, 0.1) is 28.9 Å². The number of halogens is 1. The van der Waals surface area contributed by atoms with Crippen molar-refractivity contribution in [3.8, 4) is 0 Å². The normalized spacial score (nSPS) is 15.6. The molecule has 0 saturated carbocycles. The molecule has 1 aliphatic heterocycles. The number of rotatable bonds is 7. The van der Waals surface area contributed by atoms with E-state index in [4.69, 9.17) is 16.3 Å². The van der Waals surface area contributed by atoms with E-state index in [-0.39, 0.29) is 18.0 Å². The molecule has 0 aliphatic carbocycles. The second kappa shape index (κ2) is 9.88. The first-order chi connectivity index (χ1) is 15.5. The highest BCUT2D eigenvalue weighted by Gasteiger charge is 2.23. The van der Waals surface area contributed by atoms with Gasteiger partial charge in [0, 0.05) is 37.0 Å².